The molecule has 0 unspecified atom stereocenters. The molecule has 0 spiro atoms. The molecule has 0 fully saturated rings. The van der Waals surface area contributed by atoms with Gasteiger partial charge in [-0.1, -0.05) is 6.07 Å². The third-order valence-electron chi connectivity index (χ3n) is 2.06. The molecule has 0 saturated heterocycles. The Morgan fingerprint density at radius 3 is 2.82 bits per heavy atom. The third kappa shape index (κ3) is 3.33. The first-order chi connectivity index (χ1) is 8.06. The maximum atomic E-state index is 11.2. The van der Waals surface area contributed by atoms with E-state index < -0.39 is 4.92 Å². The number of nitro benzene ring substituents is 1. The Morgan fingerprint density at radius 1 is 1.53 bits per heavy atom. The number of anilines is 2. The zero-order valence-electron chi connectivity index (χ0n) is 9.40. The van der Waals surface area contributed by atoms with Gasteiger partial charge in [-0.25, -0.2) is 0 Å². The number of carbonyl (C=O) groups is 1. The van der Waals surface area contributed by atoms with Gasteiger partial charge >= 0.3 is 5.69 Å². The van der Waals surface area contributed by atoms with E-state index in [1.807, 2.05) is 0 Å². The summed E-state index contributed by atoms with van der Waals surface area (Å²) in [4.78, 5) is 21.4. The number of nitrogen functional groups attached to an aromatic ring is 1. The fourth-order valence-electron chi connectivity index (χ4n) is 1.34. The SMILES string of the molecule is CCNC(=O)CNc1cccc(N)c1[N+](=O)[O-]. The zero-order chi connectivity index (χ0) is 12.8. The lowest BCUT2D eigenvalue weighted by atomic mass is 10.2. The minimum Gasteiger partial charge on any atom is -0.393 e. The van der Waals surface area contributed by atoms with Crippen LogP contribution in [0.2, 0.25) is 0 Å². The van der Waals surface area contributed by atoms with Crippen LogP contribution < -0.4 is 16.4 Å². The summed E-state index contributed by atoms with van der Waals surface area (Å²) in [6.07, 6.45) is 0. The molecule has 0 aliphatic heterocycles. The summed E-state index contributed by atoms with van der Waals surface area (Å²) in [6.45, 7) is 2.28. The van der Waals surface area contributed by atoms with Crippen LogP contribution in [0.4, 0.5) is 17.1 Å². The maximum Gasteiger partial charge on any atom is 0.314 e. The number of nitrogens with one attached hydrogen (secondary N) is 2. The van der Waals surface area contributed by atoms with Gasteiger partial charge in [-0.2, -0.15) is 0 Å². The second-order valence-corrected chi connectivity index (χ2v) is 3.31. The number of rotatable bonds is 5. The number of carbonyl (C=O) groups excluding carboxylic acids is 1. The zero-order valence-corrected chi connectivity index (χ0v) is 9.40. The van der Waals surface area contributed by atoms with Crippen molar-refractivity contribution < 1.29 is 9.72 Å². The predicted octanol–water partition coefficient (Wildman–Crippen LogP) is 0.725. The van der Waals surface area contributed by atoms with E-state index in [9.17, 15) is 14.9 Å². The van der Waals surface area contributed by atoms with Crippen molar-refractivity contribution in [3.05, 3.63) is 28.3 Å². The van der Waals surface area contributed by atoms with E-state index in [4.69, 9.17) is 5.73 Å². The number of nitro groups is 1. The molecule has 0 saturated carbocycles. The molecule has 0 radical (unpaired) electrons. The highest BCUT2D eigenvalue weighted by Crippen LogP contribution is 2.30. The molecule has 1 aromatic rings. The molecular formula is C10H14N4O3. The average Bonchev–Trinajstić information content (AvgIpc) is 2.26. The molecule has 0 bridgehead atoms. The van der Waals surface area contributed by atoms with Gasteiger partial charge in [0.1, 0.15) is 11.4 Å². The van der Waals surface area contributed by atoms with Gasteiger partial charge in [-0.3, -0.25) is 14.9 Å². The summed E-state index contributed by atoms with van der Waals surface area (Å²) >= 11 is 0. The molecule has 7 nitrogen and oxygen atoms in total. The van der Waals surface area contributed by atoms with Gasteiger partial charge in [0.15, 0.2) is 0 Å². The molecule has 0 aliphatic rings. The van der Waals surface area contributed by atoms with Gasteiger partial charge < -0.3 is 16.4 Å². The standard InChI is InChI=1S/C10H14N4O3/c1-2-12-9(15)6-13-8-5-3-4-7(11)10(8)14(16)17/h3-5,13H,2,6,11H2,1H3,(H,12,15). The topological polar surface area (TPSA) is 110 Å². The highest BCUT2D eigenvalue weighted by Gasteiger charge is 2.17. The Labute approximate surface area is 98.1 Å². The second kappa shape index (κ2) is 5.69. The number of nitrogens with two attached hydrogens (primary N) is 1. The second-order valence-electron chi connectivity index (χ2n) is 3.31. The van der Waals surface area contributed by atoms with E-state index in [-0.39, 0.29) is 29.5 Å². The number of hydrogen-bond donors (Lipinski definition) is 3. The van der Waals surface area contributed by atoms with Crippen LogP contribution in [0.25, 0.3) is 0 Å². The van der Waals surface area contributed by atoms with Crippen molar-refractivity contribution in [3.8, 4) is 0 Å². The maximum absolute atomic E-state index is 11.2. The van der Waals surface area contributed by atoms with Crippen molar-refractivity contribution in [2.75, 3.05) is 24.1 Å². The molecule has 0 aliphatic carbocycles. The Balaban J connectivity index is 2.81. The van der Waals surface area contributed by atoms with Gasteiger partial charge in [0.05, 0.1) is 11.5 Å². The van der Waals surface area contributed by atoms with Crippen LogP contribution in [0, 0.1) is 10.1 Å². The van der Waals surface area contributed by atoms with Gasteiger partial charge in [-0.05, 0) is 19.1 Å². The molecule has 1 amide bonds. The number of likely N-dealkylation sites (N-methyl/N-ethyl adjacent to an activating group) is 1. The first kappa shape index (κ1) is 12.8. The van der Waals surface area contributed by atoms with E-state index in [1.54, 1.807) is 13.0 Å². The predicted molar refractivity (Wildman–Crippen MR) is 64.7 cm³/mol. The van der Waals surface area contributed by atoms with Crippen molar-refractivity contribution in [3.63, 3.8) is 0 Å². The van der Waals surface area contributed by atoms with Crippen molar-refractivity contribution in [1.29, 1.82) is 0 Å². The van der Waals surface area contributed by atoms with Crippen LogP contribution in [0.15, 0.2) is 18.2 Å². The van der Waals surface area contributed by atoms with Gasteiger partial charge in [-0.15, -0.1) is 0 Å². The number of hydrogen-bond acceptors (Lipinski definition) is 5. The Bertz CT molecular complexity index is 434. The highest BCUT2D eigenvalue weighted by atomic mass is 16.6. The molecule has 0 heterocycles. The highest BCUT2D eigenvalue weighted by molar-refractivity contribution is 5.83. The lowest BCUT2D eigenvalue weighted by Gasteiger charge is -2.08. The molecule has 92 valence electrons. The number of nitrogens with zero attached hydrogens (tertiary/aromatic N) is 1. The summed E-state index contributed by atoms with van der Waals surface area (Å²) < 4.78 is 0. The lowest BCUT2D eigenvalue weighted by Crippen LogP contribution is -2.29. The van der Waals surface area contributed by atoms with Gasteiger partial charge in [0, 0.05) is 6.54 Å². The Kier molecular flexibility index (Phi) is 4.27. The quantitative estimate of drug-likeness (QED) is 0.398. The Morgan fingerprint density at radius 2 is 2.24 bits per heavy atom. The molecule has 4 N–H and O–H groups in total. The van der Waals surface area contributed by atoms with E-state index in [1.165, 1.54) is 12.1 Å². The lowest BCUT2D eigenvalue weighted by molar-refractivity contribution is -0.383. The van der Waals surface area contributed by atoms with Crippen LogP contribution in [-0.4, -0.2) is 23.9 Å². The molecule has 17 heavy (non-hydrogen) atoms. The number of amides is 1. The van der Waals surface area contributed by atoms with E-state index >= 15 is 0 Å². The van der Waals surface area contributed by atoms with Crippen molar-refractivity contribution >= 4 is 23.0 Å². The molecule has 0 atom stereocenters. The average molecular weight is 238 g/mol. The minimum atomic E-state index is -0.574. The number of para-hydroxylation sites is 1. The minimum absolute atomic E-state index is 0.0296. The molecule has 7 heteroatoms. The van der Waals surface area contributed by atoms with E-state index in [0.29, 0.717) is 6.54 Å². The smallest absolute Gasteiger partial charge is 0.314 e. The van der Waals surface area contributed by atoms with Crippen molar-refractivity contribution in [1.82, 2.24) is 5.32 Å². The summed E-state index contributed by atoms with van der Waals surface area (Å²) in [5, 5.41) is 16.1. The van der Waals surface area contributed by atoms with Crippen molar-refractivity contribution in [2.24, 2.45) is 0 Å². The largest absolute Gasteiger partial charge is 0.393 e. The molecule has 1 rings (SSSR count). The van der Waals surface area contributed by atoms with E-state index in [2.05, 4.69) is 10.6 Å². The van der Waals surface area contributed by atoms with Crippen LogP contribution in [0.1, 0.15) is 6.92 Å². The fourth-order valence-corrected chi connectivity index (χ4v) is 1.34. The monoisotopic (exact) mass is 238 g/mol. The fraction of sp³-hybridized carbons (Fsp3) is 0.300. The number of benzene rings is 1. The van der Waals surface area contributed by atoms with Crippen molar-refractivity contribution in [2.45, 2.75) is 6.92 Å². The third-order valence-corrected chi connectivity index (χ3v) is 2.06. The first-order valence-electron chi connectivity index (χ1n) is 5.09. The van der Waals surface area contributed by atoms with Crippen LogP contribution in [0.3, 0.4) is 0 Å². The van der Waals surface area contributed by atoms with Crippen LogP contribution in [0.5, 0.6) is 0 Å². The normalized spacial score (nSPS) is 9.71. The van der Waals surface area contributed by atoms with Crippen LogP contribution in [-0.2, 0) is 4.79 Å². The first-order valence-corrected chi connectivity index (χ1v) is 5.09. The van der Waals surface area contributed by atoms with Gasteiger partial charge in [0.25, 0.3) is 0 Å². The van der Waals surface area contributed by atoms with Crippen LogP contribution >= 0.6 is 0 Å². The van der Waals surface area contributed by atoms with Gasteiger partial charge in [0.2, 0.25) is 5.91 Å². The molecule has 0 aromatic heterocycles. The summed E-state index contributed by atoms with van der Waals surface area (Å²) in [6, 6.07) is 4.53. The summed E-state index contributed by atoms with van der Waals surface area (Å²) in [5.41, 5.74) is 5.60. The summed E-state index contributed by atoms with van der Waals surface area (Å²) in [7, 11) is 0. The molecular weight excluding hydrogens is 224 g/mol. The summed E-state index contributed by atoms with van der Waals surface area (Å²) in [5.74, 6) is -0.232. The Hall–Kier alpha value is -2.31. The molecule has 1 aromatic carbocycles. The van der Waals surface area contributed by atoms with E-state index in [0.717, 1.165) is 0 Å².